The number of alkyl halides is 1. The average Bonchev–Trinajstić information content (AvgIpc) is 3.02. The van der Waals surface area contributed by atoms with Crippen molar-refractivity contribution in [2.24, 2.45) is 0 Å². The largest absolute Gasteiger partial charge is 0.394 e. The molecule has 1 fully saturated rings. The summed E-state index contributed by atoms with van der Waals surface area (Å²) in [5, 5.41) is 10.9. The van der Waals surface area contributed by atoms with Gasteiger partial charge in [0.1, 0.15) is 12.7 Å². The van der Waals surface area contributed by atoms with Crippen LogP contribution < -0.4 is 0 Å². The number of aliphatic hydroxyl groups excluding tert-OH is 1. The molecule has 1 aromatic heterocycles. The molecule has 0 spiro atoms. The minimum absolute atomic E-state index is 0.0595. The molecule has 0 radical (unpaired) electrons. The van der Waals surface area contributed by atoms with E-state index in [1.54, 1.807) is 16.7 Å². The normalized spacial score (nSPS) is 22.1. The van der Waals surface area contributed by atoms with Crippen molar-refractivity contribution in [2.75, 3.05) is 13.2 Å². The molecule has 1 aliphatic rings. The van der Waals surface area contributed by atoms with E-state index in [4.69, 9.17) is 11.6 Å². The van der Waals surface area contributed by atoms with Crippen LogP contribution in [0, 0.1) is 0 Å². The van der Waals surface area contributed by atoms with Crippen molar-refractivity contribution in [3.8, 4) is 0 Å². The van der Waals surface area contributed by atoms with Gasteiger partial charge in [0.2, 0.25) is 5.91 Å². The third-order valence-electron chi connectivity index (χ3n) is 3.94. The predicted molar refractivity (Wildman–Crippen MR) is 79.0 cm³/mol. The van der Waals surface area contributed by atoms with Crippen molar-refractivity contribution in [3.63, 3.8) is 0 Å². The summed E-state index contributed by atoms with van der Waals surface area (Å²) < 4.78 is 15.2. The third-order valence-corrected chi connectivity index (χ3v) is 4.17. The van der Waals surface area contributed by atoms with Gasteiger partial charge in [-0.3, -0.25) is 4.79 Å². The molecule has 4 nitrogen and oxygen atoms in total. The van der Waals surface area contributed by atoms with Crippen molar-refractivity contribution in [1.29, 1.82) is 0 Å². The zero-order valence-electron chi connectivity index (χ0n) is 11.4. The van der Waals surface area contributed by atoms with Crippen LogP contribution in [0.2, 0.25) is 5.02 Å². The Hall–Kier alpha value is -1.59. The second-order valence-corrected chi connectivity index (χ2v) is 5.80. The van der Waals surface area contributed by atoms with Gasteiger partial charge in [-0.25, -0.2) is 4.39 Å². The number of rotatable bonds is 3. The summed E-state index contributed by atoms with van der Waals surface area (Å²) in [7, 11) is 0. The van der Waals surface area contributed by atoms with E-state index in [-0.39, 0.29) is 32.0 Å². The van der Waals surface area contributed by atoms with E-state index < -0.39 is 12.2 Å². The van der Waals surface area contributed by atoms with Crippen LogP contribution in [0.5, 0.6) is 0 Å². The maximum Gasteiger partial charge on any atom is 0.242 e. The minimum atomic E-state index is -1.05. The van der Waals surface area contributed by atoms with Crippen molar-refractivity contribution < 1.29 is 14.3 Å². The molecule has 1 amide bonds. The fourth-order valence-electron chi connectivity index (χ4n) is 2.87. The summed E-state index contributed by atoms with van der Waals surface area (Å²) in [5.41, 5.74) is 0.868. The van der Waals surface area contributed by atoms with Gasteiger partial charge in [0, 0.05) is 23.2 Å². The summed E-state index contributed by atoms with van der Waals surface area (Å²) in [6.45, 7) is -0.0263. The van der Waals surface area contributed by atoms with E-state index in [1.807, 2.05) is 18.3 Å². The summed E-state index contributed by atoms with van der Waals surface area (Å²) in [4.78, 5) is 13.8. The Balaban J connectivity index is 1.81. The molecule has 0 bridgehead atoms. The zero-order valence-corrected chi connectivity index (χ0v) is 12.1. The monoisotopic (exact) mass is 310 g/mol. The Bertz CT molecular complexity index is 673. The van der Waals surface area contributed by atoms with E-state index in [2.05, 4.69) is 0 Å². The van der Waals surface area contributed by atoms with E-state index in [0.717, 1.165) is 10.9 Å². The third kappa shape index (κ3) is 2.76. The molecule has 0 aliphatic carbocycles. The molecule has 3 rings (SSSR count). The van der Waals surface area contributed by atoms with Crippen LogP contribution in [0.4, 0.5) is 4.39 Å². The van der Waals surface area contributed by atoms with E-state index in [1.165, 1.54) is 4.90 Å². The van der Waals surface area contributed by atoms with Crippen LogP contribution >= 0.6 is 11.6 Å². The highest BCUT2D eigenvalue weighted by molar-refractivity contribution is 6.31. The van der Waals surface area contributed by atoms with Crippen molar-refractivity contribution >= 4 is 28.4 Å². The molecule has 1 aromatic carbocycles. The molecule has 2 aromatic rings. The van der Waals surface area contributed by atoms with Gasteiger partial charge < -0.3 is 14.6 Å². The van der Waals surface area contributed by atoms with Crippen LogP contribution in [-0.4, -0.2) is 45.8 Å². The van der Waals surface area contributed by atoms with Gasteiger partial charge in [0.25, 0.3) is 0 Å². The summed E-state index contributed by atoms with van der Waals surface area (Å²) >= 11 is 5.98. The second-order valence-electron chi connectivity index (χ2n) is 5.36. The molecule has 6 heteroatoms. The molecule has 112 valence electrons. The smallest absolute Gasteiger partial charge is 0.242 e. The van der Waals surface area contributed by atoms with Crippen LogP contribution in [0.1, 0.15) is 6.42 Å². The highest BCUT2D eigenvalue weighted by Gasteiger charge is 2.34. The second kappa shape index (κ2) is 5.66. The molecule has 2 heterocycles. The van der Waals surface area contributed by atoms with Crippen LogP contribution in [0.25, 0.3) is 10.9 Å². The Morgan fingerprint density at radius 2 is 2.24 bits per heavy atom. The molecule has 1 N–H and O–H groups in total. The Morgan fingerprint density at radius 3 is 3.00 bits per heavy atom. The summed E-state index contributed by atoms with van der Waals surface area (Å²) in [6.07, 6.45) is 0.970. The molecule has 21 heavy (non-hydrogen) atoms. The quantitative estimate of drug-likeness (QED) is 0.945. The van der Waals surface area contributed by atoms with E-state index >= 15 is 0 Å². The number of likely N-dealkylation sites (tertiary alicyclic amines) is 1. The van der Waals surface area contributed by atoms with Crippen LogP contribution in [-0.2, 0) is 11.3 Å². The van der Waals surface area contributed by atoms with Crippen molar-refractivity contribution in [1.82, 2.24) is 9.47 Å². The van der Waals surface area contributed by atoms with E-state index in [9.17, 15) is 14.3 Å². The van der Waals surface area contributed by atoms with Gasteiger partial charge in [-0.05, 0) is 23.6 Å². The Kier molecular flexibility index (Phi) is 3.87. The standard InChI is InChI=1S/C15H16ClFN2O2/c16-11-2-1-10-3-4-18(14(10)5-11)8-15(21)19-7-12(17)6-13(19)9-20/h1-5,12-13,20H,6-9H2/t12-,13-/m0/s1. The topological polar surface area (TPSA) is 45.5 Å². The van der Waals surface area contributed by atoms with Gasteiger partial charge >= 0.3 is 0 Å². The number of aliphatic hydroxyl groups is 1. The van der Waals surface area contributed by atoms with Gasteiger partial charge in [-0.1, -0.05) is 17.7 Å². The first-order valence-electron chi connectivity index (χ1n) is 6.87. The molecule has 2 atom stereocenters. The number of aromatic nitrogens is 1. The first-order chi connectivity index (χ1) is 10.1. The SMILES string of the molecule is O=C(Cn1ccc2ccc(Cl)cc21)N1C[C@@H](F)C[C@H]1CO. The summed E-state index contributed by atoms with van der Waals surface area (Å²) in [5.74, 6) is -0.188. The fraction of sp³-hybridized carbons (Fsp3) is 0.400. The lowest BCUT2D eigenvalue weighted by Gasteiger charge is -2.23. The number of fused-ring (bicyclic) bond motifs is 1. The number of hydrogen-bond acceptors (Lipinski definition) is 2. The first kappa shape index (κ1) is 14.4. The number of amides is 1. The van der Waals surface area contributed by atoms with Gasteiger partial charge in [0.15, 0.2) is 0 Å². The molecular weight excluding hydrogens is 295 g/mol. The van der Waals surface area contributed by atoms with Gasteiger partial charge in [-0.15, -0.1) is 0 Å². The number of carbonyl (C=O) groups excluding carboxylic acids is 1. The highest BCUT2D eigenvalue weighted by atomic mass is 35.5. The lowest BCUT2D eigenvalue weighted by Crippen LogP contribution is -2.39. The molecular formula is C15H16ClFN2O2. The number of hydrogen-bond donors (Lipinski definition) is 1. The Morgan fingerprint density at radius 1 is 1.43 bits per heavy atom. The van der Waals surface area contributed by atoms with Crippen LogP contribution in [0.15, 0.2) is 30.5 Å². The first-order valence-corrected chi connectivity index (χ1v) is 7.25. The molecule has 1 saturated heterocycles. The van der Waals surface area contributed by atoms with Crippen LogP contribution in [0.3, 0.4) is 0 Å². The number of carbonyl (C=O) groups is 1. The van der Waals surface area contributed by atoms with E-state index in [0.29, 0.717) is 5.02 Å². The molecule has 1 aliphatic heterocycles. The maximum atomic E-state index is 13.4. The number of halogens is 2. The number of benzene rings is 1. The van der Waals surface area contributed by atoms with Gasteiger partial charge in [-0.2, -0.15) is 0 Å². The minimum Gasteiger partial charge on any atom is -0.394 e. The number of nitrogens with zero attached hydrogens (tertiary/aromatic N) is 2. The van der Waals surface area contributed by atoms with Crippen molar-refractivity contribution in [3.05, 3.63) is 35.5 Å². The lowest BCUT2D eigenvalue weighted by atomic mass is 10.2. The highest BCUT2D eigenvalue weighted by Crippen LogP contribution is 2.23. The van der Waals surface area contributed by atoms with Gasteiger partial charge in [0.05, 0.1) is 19.2 Å². The van der Waals surface area contributed by atoms with Crippen molar-refractivity contribution in [2.45, 2.75) is 25.2 Å². The zero-order chi connectivity index (χ0) is 15.0. The molecule has 0 saturated carbocycles. The fourth-order valence-corrected chi connectivity index (χ4v) is 3.04. The average molecular weight is 311 g/mol. The Labute approximate surface area is 126 Å². The maximum absolute atomic E-state index is 13.4. The predicted octanol–water partition coefficient (Wildman–Crippen LogP) is 2.23. The molecule has 0 unspecified atom stereocenters. The summed E-state index contributed by atoms with van der Waals surface area (Å²) in [6, 6.07) is 6.98. The lowest BCUT2D eigenvalue weighted by molar-refractivity contribution is -0.133.